The Kier molecular flexibility index (Phi) is 5.36. The summed E-state index contributed by atoms with van der Waals surface area (Å²) < 4.78 is 16.6. The van der Waals surface area contributed by atoms with Gasteiger partial charge in [0.05, 0.1) is 18.8 Å². The van der Waals surface area contributed by atoms with Crippen LogP contribution in [0.2, 0.25) is 0 Å². The first-order valence-electron chi connectivity index (χ1n) is 9.62. The van der Waals surface area contributed by atoms with Crippen molar-refractivity contribution in [1.82, 2.24) is 4.90 Å². The summed E-state index contributed by atoms with van der Waals surface area (Å²) in [5, 5.41) is 20.1. The van der Waals surface area contributed by atoms with Crippen molar-refractivity contribution in [3.05, 3.63) is 29.8 Å². The number of carbonyl (C=O) groups is 1. The number of rotatable bonds is 5. The van der Waals surface area contributed by atoms with Crippen molar-refractivity contribution in [3.8, 4) is 5.75 Å². The Morgan fingerprint density at radius 2 is 2.00 bits per heavy atom. The normalized spacial score (nSPS) is 33.7. The Balaban J connectivity index is 1.47. The molecule has 0 radical (unpaired) electrons. The Labute approximate surface area is 158 Å². The number of fused-ring (bicyclic) bond motifs is 3. The van der Waals surface area contributed by atoms with E-state index >= 15 is 0 Å². The molecule has 3 fully saturated rings. The summed E-state index contributed by atoms with van der Waals surface area (Å²) in [6, 6.07) is 7.88. The van der Waals surface area contributed by atoms with Gasteiger partial charge in [0, 0.05) is 50.6 Å². The SMILES string of the molecule is O=C(O)COc1ccc(CN2C[C@@H]3COCC[C@]3(O)[C@H]3COCC[C@H]32)cc1. The number of hydrogen-bond acceptors (Lipinski definition) is 6. The van der Waals surface area contributed by atoms with Crippen molar-refractivity contribution in [2.75, 3.05) is 39.6 Å². The van der Waals surface area contributed by atoms with E-state index in [1.165, 1.54) is 0 Å². The number of ether oxygens (including phenoxy) is 3. The van der Waals surface area contributed by atoms with Crippen LogP contribution in [0.1, 0.15) is 18.4 Å². The molecule has 7 nitrogen and oxygen atoms in total. The fraction of sp³-hybridized carbons (Fsp3) is 0.650. The quantitative estimate of drug-likeness (QED) is 0.795. The molecule has 0 aromatic heterocycles. The van der Waals surface area contributed by atoms with Crippen molar-refractivity contribution >= 4 is 5.97 Å². The lowest BCUT2D eigenvalue weighted by molar-refractivity contribution is -0.221. The van der Waals surface area contributed by atoms with Gasteiger partial charge in [0.1, 0.15) is 5.75 Å². The van der Waals surface area contributed by atoms with Crippen LogP contribution in [0.4, 0.5) is 0 Å². The smallest absolute Gasteiger partial charge is 0.341 e. The third-order valence-corrected chi connectivity index (χ3v) is 6.23. The van der Waals surface area contributed by atoms with Crippen LogP contribution < -0.4 is 4.74 Å². The van der Waals surface area contributed by atoms with E-state index < -0.39 is 11.6 Å². The van der Waals surface area contributed by atoms with Crippen LogP contribution in [-0.2, 0) is 20.8 Å². The summed E-state index contributed by atoms with van der Waals surface area (Å²) in [6.45, 7) is 3.82. The van der Waals surface area contributed by atoms with Gasteiger partial charge < -0.3 is 24.4 Å². The van der Waals surface area contributed by atoms with E-state index in [1.54, 1.807) is 0 Å². The molecular weight excluding hydrogens is 350 g/mol. The molecule has 4 rings (SSSR count). The third-order valence-electron chi connectivity index (χ3n) is 6.23. The summed E-state index contributed by atoms with van der Waals surface area (Å²) in [6.07, 6.45) is 1.62. The van der Waals surface area contributed by atoms with Gasteiger partial charge in [0.15, 0.2) is 6.61 Å². The Morgan fingerprint density at radius 3 is 2.78 bits per heavy atom. The number of piperidine rings is 1. The molecule has 3 heterocycles. The van der Waals surface area contributed by atoms with Crippen molar-refractivity contribution < 1.29 is 29.2 Å². The molecule has 2 N–H and O–H groups in total. The highest BCUT2D eigenvalue weighted by atomic mass is 16.5. The molecule has 3 aliphatic rings. The molecule has 7 heteroatoms. The second-order valence-corrected chi connectivity index (χ2v) is 7.81. The summed E-state index contributed by atoms with van der Waals surface area (Å²) in [5.41, 5.74) is 0.457. The molecule has 4 atom stereocenters. The van der Waals surface area contributed by atoms with E-state index in [0.717, 1.165) is 31.7 Å². The van der Waals surface area contributed by atoms with Crippen LogP contribution in [0.5, 0.6) is 5.75 Å². The van der Waals surface area contributed by atoms with Crippen LogP contribution in [0.3, 0.4) is 0 Å². The average molecular weight is 377 g/mol. The molecular formula is C20H27NO6. The molecule has 3 aliphatic heterocycles. The maximum absolute atomic E-state index is 11.4. The topological polar surface area (TPSA) is 88.5 Å². The van der Waals surface area contributed by atoms with E-state index in [9.17, 15) is 9.90 Å². The number of carboxylic acids is 1. The van der Waals surface area contributed by atoms with Gasteiger partial charge in [-0.05, 0) is 24.1 Å². The third kappa shape index (κ3) is 3.82. The number of likely N-dealkylation sites (tertiary alicyclic amines) is 1. The maximum atomic E-state index is 11.4. The first kappa shape index (κ1) is 18.7. The van der Waals surface area contributed by atoms with Crippen LogP contribution in [0.25, 0.3) is 0 Å². The molecule has 0 amide bonds. The monoisotopic (exact) mass is 377 g/mol. The van der Waals surface area contributed by atoms with Gasteiger partial charge in [-0.15, -0.1) is 0 Å². The van der Waals surface area contributed by atoms with Crippen molar-refractivity contribution in [2.45, 2.75) is 31.0 Å². The largest absolute Gasteiger partial charge is 0.482 e. The average Bonchev–Trinajstić information content (AvgIpc) is 2.68. The highest BCUT2D eigenvalue weighted by Crippen LogP contribution is 2.44. The number of aliphatic hydroxyl groups is 1. The first-order chi connectivity index (χ1) is 13.1. The van der Waals surface area contributed by atoms with E-state index in [2.05, 4.69) is 4.90 Å². The summed E-state index contributed by atoms with van der Waals surface area (Å²) >= 11 is 0. The molecule has 27 heavy (non-hydrogen) atoms. The van der Waals surface area contributed by atoms with Gasteiger partial charge in [0.2, 0.25) is 0 Å². The summed E-state index contributed by atoms with van der Waals surface area (Å²) in [5.74, 6) is -0.210. The molecule has 0 spiro atoms. The lowest BCUT2D eigenvalue weighted by Crippen LogP contribution is -2.67. The molecule has 0 bridgehead atoms. The number of aliphatic carboxylic acids is 1. The van der Waals surface area contributed by atoms with Gasteiger partial charge in [-0.1, -0.05) is 12.1 Å². The Morgan fingerprint density at radius 1 is 1.22 bits per heavy atom. The molecule has 0 unspecified atom stereocenters. The lowest BCUT2D eigenvalue weighted by Gasteiger charge is -2.57. The Bertz CT molecular complexity index is 665. The maximum Gasteiger partial charge on any atom is 0.341 e. The lowest BCUT2D eigenvalue weighted by atomic mass is 9.66. The van der Waals surface area contributed by atoms with Gasteiger partial charge in [-0.2, -0.15) is 0 Å². The number of hydrogen-bond donors (Lipinski definition) is 2. The van der Waals surface area contributed by atoms with E-state index in [-0.39, 0.29) is 18.4 Å². The van der Waals surface area contributed by atoms with Gasteiger partial charge >= 0.3 is 5.97 Å². The van der Waals surface area contributed by atoms with Crippen LogP contribution in [-0.4, -0.2) is 72.3 Å². The summed E-state index contributed by atoms with van der Waals surface area (Å²) in [4.78, 5) is 13.1. The van der Waals surface area contributed by atoms with E-state index in [1.807, 2.05) is 24.3 Å². The zero-order chi connectivity index (χ0) is 18.9. The minimum atomic E-state index is -0.986. The zero-order valence-corrected chi connectivity index (χ0v) is 15.4. The van der Waals surface area contributed by atoms with Gasteiger partial charge in [-0.25, -0.2) is 4.79 Å². The first-order valence-corrected chi connectivity index (χ1v) is 9.62. The fourth-order valence-corrected chi connectivity index (χ4v) is 4.82. The second kappa shape index (κ2) is 7.75. The zero-order valence-electron chi connectivity index (χ0n) is 15.4. The van der Waals surface area contributed by atoms with E-state index in [4.69, 9.17) is 19.3 Å². The second-order valence-electron chi connectivity index (χ2n) is 7.81. The standard InChI is InChI=1S/C20H27NO6/c22-19(23)13-27-16-3-1-14(2-4-16)9-21-10-15-11-26-8-6-20(15,24)17-12-25-7-5-18(17)21/h1-4,15,17-18,24H,5-13H2,(H,22,23)/t15-,17+,18-,20-/m1/s1. The highest BCUT2D eigenvalue weighted by Gasteiger charge is 2.55. The predicted octanol–water partition coefficient (Wildman–Crippen LogP) is 1.14. The fourth-order valence-electron chi connectivity index (χ4n) is 4.82. The van der Waals surface area contributed by atoms with Gasteiger partial charge in [-0.3, -0.25) is 4.90 Å². The minimum Gasteiger partial charge on any atom is -0.482 e. The Hall–Kier alpha value is -1.67. The molecule has 1 aromatic carbocycles. The molecule has 3 saturated heterocycles. The van der Waals surface area contributed by atoms with Crippen LogP contribution >= 0.6 is 0 Å². The number of benzene rings is 1. The molecule has 1 aromatic rings. The number of nitrogens with zero attached hydrogens (tertiary/aromatic N) is 1. The van der Waals surface area contributed by atoms with Gasteiger partial charge in [0.25, 0.3) is 0 Å². The molecule has 0 saturated carbocycles. The predicted molar refractivity (Wildman–Crippen MR) is 96.6 cm³/mol. The van der Waals surface area contributed by atoms with Crippen molar-refractivity contribution in [3.63, 3.8) is 0 Å². The van der Waals surface area contributed by atoms with Crippen molar-refractivity contribution in [2.24, 2.45) is 11.8 Å². The number of carboxylic acid groups (broad SMARTS) is 1. The highest BCUT2D eigenvalue weighted by molar-refractivity contribution is 5.68. The van der Waals surface area contributed by atoms with Crippen LogP contribution in [0.15, 0.2) is 24.3 Å². The van der Waals surface area contributed by atoms with Crippen molar-refractivity contribution in [1.29, 1.82) is 0 Å². The van der Waals surface area contributed by atoms with E-state index in [0.29, 0.717) is 38.0 Å². The summed E-state index contributed by atoms with van der Waals surface area (Å²) in [7, 11) is 0. The minimum absolute atomic E-state index is 0.104. The molecule has 0 aliphatic carbocycles. The van der Waals surface area contributed by atoms with Crippen LogP contribution in [0, 0.1) is 11.8 Å². The molecule has 148 valence electrons.